The van der Waals surface area contributed by atoms with Gasteiger partial charge in [-0.15, -0.1) is 0 Å². The van der Waals surface area contributed by atoms with Crippen molar-refractivity contribution in [2.75, 3.05) is 0 Å². The Morgan fingerprint density at radius 1 is 0.625 bits per heavy atom. The Labute approximate surface area is 217 Å². The minimum absolute atomic E-state index is 0. The molecule has 170 valence electrons. The van der Waals surface area contributed by atoms with Crippen LogP contribution in [0.15, 0.2) is 60.7 Å². The molecule has 2 aromatic carbocycles. The Hall–Kier alpha value is -0.313. The van der Waals surface area contributed by atoms with Gasteiger partial charge in [-0.3, -0.25) is 0 Å². The van der Waals surface area contributed by atoms with Crippen LogP contribution in [0.4, 0.5) is 0 Å². The van der Waals surface area contributed by atoms with E-state index in [-0.39, 0.29) is 24.8 Å². The van der Waals surface area contributed by atoms with E-state index in [1.807, 2.05) is 0 Å². The van der Waals surface area contributed by atoms with Gasteiger partial charge in [0, 0.05) is 0 Å². The first-order chi connectivity index (χ1) is 14.0. The van der Waals surface area contributed by atoms with Gasteiger partial charge in [-0.1, -0.05) is 0 Å². The van der Waals surface area contributed by atoms with Crippen LogP contribution in [-0.4, -0.2) is 19.4 Å². The van der Waals surface area contributed by atoms with Crippen LogP contribution < -0.4 is 24.8 Å². The zero-order chi connectivity index (χ0) is 21.8. The first-order valence-electron chi connectivity index (χ1n) is 11.3. The van der Waals surface area contributed by atoms with Crippen molar-refractivity contribution in [3.63, 3.8) is 0 Å². The molecule has 2 atom stereocenters. The fourth-order valence-electron chi connectivity index (χ4n) is 5.36. The molecule has 2 aliphatic rings. The van der Waals surface area contributed by atoms with Crippen molar-refractivity contribution in [3.8, 4) is 0 Å². The minimum atomic E-state index is -2.05. The molecule has 0 amide bonds. The molecule has 0 N–H and O–H groups in total. The predicted octanol–water partition coefficient (Wildman–Crippen LogP) is 1.86. The molecule has 5 heteroatoms. The van der Waals surface area contributed by atoms with E-state index in [9.17, 15) is 0 Å². The standard InChI is InChI=1S/2C12H15Si.C3H6.2ClH.Zr/c2*1-13(2,3)12-9-8-10-6-4-5-7-11(10)12;1-3-2;;;/h2*4-9H,1-3H3;1-2H3;2*1H;/q;;;;;+2/p-2. The van der Waals surface area contributed by atoms with Gasteiger partial charge in [0.05, 0.1) is 0 Å². The van der Waals surface area contributed by atoms with Crippen molar-refractivity contribution in [2.24, 2.45) is 0 Å². The van der Waals surface area contributed by atoms with Crippen molar-refractivity contribution in [2.45, 2.75) is 60.4 Å². The normalized spacial score (nSPS) is 18.8. The number of hydrogen-bond donors (Lipinski definition) is 0. The smallest absolute Gasteiger partial charge is 1.00 e. The predicted molar refractivity (Wildman–Crippen MR) is 137 cm³/mol. The average molecular weight is 579 g/mol. The van der Waals surface area contributed by atoms with E-state index in [2.05, 4.69) is 114 Å². The van der Waals surface area contributed by atoms with Crippen molar-refractivity contribution in [3.05, 3.63) is 82.9 Å². The zero-order valence-corrected chi connectivity index (χ0v) is 26.7. The molecule has 0 nitrogen and oxygen atoms in total. The van der Waals surface area contributed by atoms with Crippen LogP contribution in [0.5, 0.6) is 0 Å². The van der Waals surface area contributed by atoms with E-state index in [1.165, 1.54) is 0 Å². The maximum Gasteiger partial charge on any atom is -1.00 e. The molecule has 0 saturated carbocycles. The number of halogens is 2. The van der Waals surface area contributed by atoms with Gasteiger partial charge >= 0.3 is 194 Å². The van der Waals surface area contributed by atoms with E-state index in [4.69, 9.17) is 0 Å². The Morgan fingerprint density at radius 3 is 1.28 bits per heavy atom. The van der Waals surface area contributed by atoms with Gasteiger partial charge in [-0.05, 0) is 0 Å². The Balaban J connectivity index is 0.00000181. The van der Waals surface area contributed by atoms with Crippen molar-refractivity contribution in [1.29, 1.82) is 0 Å². The molecule has 2 unspecified atom stereocenters. The first kappa shape index (κ1) is 27.9. The Kier molecular flexibility index (Phi) is 8.84. The summed E-state index contributed by atoms with van der Waals surface area (Å²) >= 11 is -2.05. The van der Waals surface area contributed by atoms with Gasteiger partial charge in [-0.2, -0.15) is 0 Å². The zero-order valence-electron chi connectivity index (χ0n) is 20.7. The van der Waals surface area contributed by atoms with Gasteiger partial charge in [-0.25, -0.2) is 0 Å². The fourth-order valence-corrected chi connectivity index (χ4v) is 18.2. The van der Waals surface area contributed by atoms with E-state index in [0.29, 0.717) is 7.25 Å². The SMILES string of the molecule is C[C](C)=[Zr+2]([CH]1C=C([Si](C)(C)C)c2ccccc21)[CH]1C=C([Si](C)(C)C)c2ccccc21.[Cl-].[Cl-]. The fraction of sp³-hybridized carbons (Fsp3) is 0.370. The van der Waals surface area contributed by atoms with Crippen molar-refractivity contribution in [1.82, 2.24) is 0 Å². The Bertz CT molecular complexity index is 1020. The molecule has 2 aromatic rings. The molecule has 32 heavy (non-hydrogen) atoms. The molecule has 4 rings (SSSR count). The molecular formula is C27H36Cl2Si2Zr. The first-order valence-corrected chi connectivity index (χ1v) is 22.4. The molecule has 0 spiro atoms. The number of allylic oxidation sites excluding steroid dienone is 2. The number of rotatable bonds is 4. The molecule has 0 aliphatic heterocycles. The third-order valence-corrected chi connectivity index (χ3v) is 19.3. The summed E-state index contributed by atoms with van der Waals surface area (Å²) in [6.07, 6.45) is 5.50. The van der Waals surface area contributed by atoms with E-state index in [1.54, 1.807) is 35.9 Å². The summed E-state index contributed by atoms with van der Waals surface area (Å²) in [6.45, 7) is 20.0. The summed E-state index contributed by atoms with van der Waals surface area (Å²) < 4.78 is 3.09. The maximum absolute atomic E-state index is 2.75. The maximum atomic E-state index is 2.75. The molecule has 0 saturated heterocycles. The van der Waals surface area contributed by atoms with Gasteiger partial charge in [0.1, 0.15) is 0 Å². The topological polar surface area (TPSA) is 0 Å². The van der Waals surface area contributed by atoms with Crippen molar-refractivity contribution < 1.29 is 46.1 Å². The number of benzene rings is 2. The average Bonchev–Trinajstić information content (AvgIpc) is 3.22. The Morgan fingerprint density at radius 2 is 0.969 bits per heavy atom. The van der Waals surface area contributed by atoms with Gasteiger partial charge in [0.15, 0.2) is 0 Å². The monoisotopic (exact) mass is 576 g/mol. The molecule has 0 heterocycles. The summed E-state index contributed by atoms with van der Waals surface area (Å²) in [5.41, 5.74) is 6.42. The van der Waals surface area contributed by atoms with Gasteiger partial charge < -0.3 is 24.8 Å². The summed E-state index contributed by atoms with van der Waals surface area (Å²) in [4.78, 5) is 0. The summed E-state index contributed by atoms with van der Waals surface area (Å²) in [5, 5.41) is 3.39. The molecule has 2 aliphatic carbocycles. The second kappa shape index (κ2) is 10.1. The minimum Gasteiger partial charge on any atom is -1.00 e. The van der Waals surface area contributed by atoms with Crippen LogP contribution >= 0.6 is 0 Å². The van der Waals surface area contributed by atoms with E-state index in [0.717, 1.165) is 0 Å². The molecule has 0 bridgehead atoms. The van der Waals surface area contributed by atoms with Crippen LogP contribution in [-0.2, 0) is 21.3 Å². The largest absolute Gasteiger partial charge is 1.00 e. The van der Waals surface area contributed by atoms with Crippen LogP contribution in [0.2, 0.25) is 39.3 Å². The second-order valence-electron chi connectivity index (χ2n) is 11.2. The quantitative estimate of drug-likeness (QED) is 0.486. The van der Waals surface area contributed by atoms with Crippen LogP contribution in [0, 0.1) is 0 Å². The van der Waals surface area contributed by atoms with Gasteiger partial charge in [0.25, 0.3) is 0 Å². The third-order valence-electron chi connectivity index (χ3n) is 6.70. The third kappa shape index (κ3) is 5.03. The van der Waals surface area contributed by atoms with Crippen molar-refractivity contribution >= 4 is 29.7 Å². The van der Waals surface area contributed by atoms with Crippen LogP contribution in [0.1, 0.15) is 43.4 Å². The van der Waals surface area contributed by atoms with Crippen LogP contribution in [0.3, 0.4) is 0 Å². The summed E-state index contributed by atoms with van der Waals surface area (Å²) in [5.74, 6) is 0. The number of hydrogen-bond acceptors (Lipinski definition) is 0. The second-order valence-corrected chi connectivity index (χ2v) is 29.1. The number of fused-ring (bicyclic) bond motifs is 2. The molecular weight excluding hydrogens is 543 g/mol. The van der Waals surface area contributed by atoms with Gasteiger partial charge in [0.2, 0.25) is 0 Å². The van der Waals surface area contributed by atoms with E-state index >= 15 is 0 Å². The van der Waals surface area contributed by atoms with Crippen LogP contribution in [0.25, 0.3) is 10.4 Å². The molecule has 0 fully saturated rings. The molecule has 0 radical (unpaired) electrons. The summed E-state index contributed by atoms with van der Waals surface area (Å²) in [7, 11) is -2.76. The summed E-state index contributed by atoms with van der Waals surface area (Å²) in [6, 6.07) is 18.7. The van der Waals surface area contributed by atoms with E-state index < -0.39 is 37.4 Å². The molecule has 0 aromatic heterocycles.